The van der Waals surface area contributed by atoms with Crippen molar-refractivity contribution in [2.45, 2.75) is 5.92 Å². The van der Waals surface area contributed by atoms with E-state index in [2.05, 4.69) is 9.97 Å². The fourth-order valence-corrected chi connectivity index (χ4v) is 3.72. The highest BCUT2D eigenvalue weighted by Crippen LogP contribution is 2.32. The third-order valence-corrected chi connectivity index (χ3v) is 4.98. The van der Waals surface area contributed by atoms with Crippen molar-refractivity contribution in [1.82, 2.24) is 14.9 Å². The molecule has 3 aromatic rings. The number of H-pyrrole nitrogens is 1. The van der Waals surface area contributed by atoms with E-state index in [1.54, 1.807) is 7.11 Å². The van der Waals surface area contributed by atoms with Gasteiger partial charge < -0.3 is 14.6 Å². The highest BCUT2D eigenvalue weighted by Gasteiger charge is 2.37. The molecule has 2 atom stereocenters. The van der Waals surface area contributed by atoms with Gasteiger partial charge in [-0.25, -0.2) is 0 Å². The van der Waals surface area contributed by atoms with Crippen LogP contribution >= 0.6 is 0 Å². The summed E-state index contributed by atoms with van der Waals surface area (Å²) in [4.78, 5) is 22.6. The molecule has 0 unspecified atom stereocenters. The van der Waals surface area contributed by atoms with E-state index in [1.807, 2.05) is 59.8 Å². The van der Waals surface area contributed by atoms with Crippen molar-refractivity contribution >= 4 is 16.8 Å². The predicted octanol–water partition coefficient (Wildman–Crippen LogP) is 3.07. The average molecular weight is 335 g/mol. The van der Waals surface area contributed by atoms with Crippen molar-refractivity contribution in [3.63, 3.8) is 0 Å². The van der Waals surface area contributed by atoms with Crippen LogP contribution in [0.2, 0.25) is 0 Å². The van der Waals surface area contributed by atoms with Crippen molar-refractivity contribution in [3.8, 4) is 0 Å². The minimum atomic E-state index is 0.0719. The SMILES string of the molecule is COC[C@@H]1CN(C(=O)c2ccc3[nH]ccc3c2)C[C@H]1c1ccccn1. The fraction of sp³-hybridized carbons (Fsp3) is 0.300. The highest BCUT2D eigenvalue weighted by molar-refractivity contribution is 5.98. The van der Waals surface area contributed by atoms with E-state index in [1.165, 1.54) is 0 Å². The lowest BCUT2D eigenvalue weighted by Gasteiger charge is -2.16. The second-order valence-electron chi connectivity index (χ2n) is 6.57. The molecule has 5 nitrogen and oxygen atoms in total. The molecule has 0 spiro atoms. The molecule has 1 aliphatic rings. The molecular weight excluding hydrogens is 314 g/mol. The second-order valence-corrected chi connectivity index (χ2v) is 6.57. The van der Waals surface area contributed by atoms with E-state index in [9.17, 15) is 4.79 Å². The van der Waals surface area contributed by atoms with Crippen molar-refractivity contribution < 1.29 is 9.53 Å². The van der Waals surface area contributed by atoms with Crippen LogP contribution in [0.15, 0.2) is 54.9 Å². The van der Waals surface area contributed by atoms with Gasteiger partial charge in [0, 0.05) is 66.6 Å². The summed E-state index contributed by atoms with van der Waals surface area (Å²) in [7, 11) is 1.71. The number of methoxy groups -OCH3 is 1. The number of carbonyl (C=O) groups excluding carboxylic acids is 1. The van der Waals surface area contributed by atoms with Crippen LogP contribution in [0.4, 0.5) is 0 Å². The molecule has 25 heavy (non-hydrogen) atoms. The molecule has 3 heterocycles. The number of pyridine rings is 1. The van der Waals surface area contributed by atoms with Crippen LogP contribution in [0.25, 0.3) is 10.9 Å². The molecule has 128 valence electrons. The third kappa shape index (κ3) is 3.03. The molecule has 1 N–H and O–H groups in total. The predicted molar refractivity (Wildman–Crippen MR) is 96.5 cm³/mol. The van der Waals surface area contributed by atoms with Crippen molar-refractivity contribution in [2.24, 2.45) is 5.92 Å². The number of fused-ring (bicyclic) bond motifs is 1. The summed E-state index contributed by atoms with van der Waals surface area (Å²) in [5, 5.41) is 1.06. The van der Waals surface area contributed by atoms with E-state index in [-0.39, 0.29) is 17.7 Å². The Labute approximate surface area is 146 Å². The lowest BCUT2D eigenvalue weighted by Crippen LogP contribution is -2.29. The minimum absolute atomic E-state index is 0.0719. The van der Waals surface area contributed by atoms with Gasteiger partial charge in [0.1, 0.15) is 0 Å². The highest BCUT2D eigenvalue weighted by atomic mass is 16.5. The first-order chi connectivity index (χ1) is 12.3. The monoisotopic (exact) mass is 335 g/mol. The van der Waals surface area contributed by atoms with Gasteiger partial charge in [-0.2, -0.15) is 0 Å². The Morgan fingerprint density at radius 1 is 1.28 bits per heavy atom. The molecule has 1 aromatic carbocycles. The van der Waals surface area contributed by atoms with Gasteiger partial charge in [-0.3, -0.25) is 9.78 Å². The number of amides is 1. The van der Waals surface area contributed by atoms with E-state index >= 15 is 0 Å². The number of rotatable bonds is 4. The van der Waals surface area contributed by atoms with E-state index in [0.29, 0.717) is 19.7 Å². The molecule has 0 radical (unpaired) electrons. The summed E-state index contributed by atoms with van der Waals surface area (Å²) in [6, 6.07) is 13.7. The third-order valence-electron chi connectivity index (χ3n) is 4.98. The minimum Gasteiger partial charge on any atom is -0.384 e. The lowest BCUT2D eigenvalue weighted by molar-refractivity contribution is 0.0775. The van der Waals surface area contributed by atoms with Crippen LogP contribution in [0.1, 0.15) is 22.0 Å². The fourth-order valence-electron chi connectivity index (χ4n) is 3.72. The van der Waals surface area contributed by atoms with Crippen molar-refractivity contribution in [3.05, 3.63) is 66.1 Å². The molecule has 4 rings (SSSR count). The Hall–Kier alpha value is -2.66. The maximum atomic E-state index is 13.0. The number of aromatic amines is 1. The zero-order valence-corrected chi connectivity index (χ0v) is 14.2. The molecule has 2 aromatic heterocycles. The van der Waals surface area contributed by atoms with Gasteiger partial charge in [-0.15, -0.1) is 0 Å². The van der Waals surface area contributed by atoms with Crippen LogP contribution in [-0.2, 0) is 4.74 Å². The molecule has 0 bridgehead atoms. The van der Waals surface area contributed by atoms with Gasteiger partial charge in [-0.1, -0.05) is 6.07 Å². The number of ether oxygens (including phenoxy) is 1. The van der Waals surface area contributed by atoms with Gasteiger partial charge in [0.2, 0.25) is 0 Å². The maximum Gasteiger partial charge on any atom is 0.253 e. The Bertz CT molecular complexity index is 875. The Morgan fingerprint density at radius 3 is 3.00 bits per heavy atom. The summed E-state index contributed by atoms with van der Waals surface area (Å²) in [5.74, 6) is 0.545. The molecule has 5 heteroatoms. The topological polar surface area (TPSA) is 58.2 Å². The maximum absolute atomic E-state index is 13.0. The molecule has 1 amide bonds. The normalized spacial score (nSPS) is 20.3. The second kappa shape index (κ2) is 6.69. The van der Waals surface area contributed by atoms with Gasteiger partial charge in [0.25, 0.3) is 5.91 Å². The summed E-state index contributed by atoms with van der Waals surface area (Å²) >= 11 is 0. The summed E-state index contributed by atoms with van der Waals surface area (Å²) in [5.41, 5.74) is 2.80. The number of aromatic nitrogens is 2. The smallest absolute Gasteiger partial charge is 0.253 e. The van der Waals surface area contributed by atoms with Crippen LogP contribution in [-0.4, -0.2) is 47.6 Å². The van der Waals surface area contributed by atoms with Gasteiger partial charge in [0.05, 0.1) is 6.61 Å². The Kier molecular flexibility index (Phi) is 4.24. The number of likely N-dealkylation sites (tertiary alicyclic amines) is 1. The standard InChI is InChI=1S/C20H21N3O2/c1-25-13-16-11-23(12-17(16)19-4-2-3-8-21-19)20(24)15-5-6-18-14(10-15)7-9-22-18/h2-10,16-17,22H,11-13H2,1H3/t16-,17+/m0/s1. The summed E-state index contributed by atoms with van der Waals surface area (Å²) in [6.45, 7) is 2.00. The Morgan fingerprint density at radius 2 is 2.20 bits per heavy atom. The number of benzene rings is 1. The number of carbonyl (C=O) groups is 1. The Balaban J connectivity index is 1.58. The molecule has 0 aliphatic carbocycles. The molecule has 1 aliphatic heterocycles. The van der Waals surface area contributed by atoms with Crippen LogP contribution in [0, 0.1) is 5.92 Å². The number of nitrogens with one attached hydrogen (secondary N) is 1. The number of nitrogens with zero attached hydrogens (tertiary/aromatic N) is 2. The van der Waals surface area contributed by atoms with Crippen LogP contribution in [0.5, 0.6) is 0 Å². The first kappa shape index (κ1) is 15.8. The van der Waals surface area contributed by atoms with Crippen LogP contribution in [0.3, 0.4) is 0 Å². The zero-order valence-electron chi connectivity index (χ0n) is 14.2. The summed E-state index contributed by atoms with van der Waals surface area (Å²) < 4.78 is 5.39. The quantitative estimate of drug-likeness (QED) is 0.797. The van der Waals surface area contributed by atoms with Gasteiger partial charge in [0.15, 0.2) is 0 Å². The van der Waals surface area contributed by atoms with Crippen molar-refractivity contribution in [1.29, 1.82) is 0 Å². The van der Waals surface area contributed by atoms with E-state index in [4.69, 9.17) is 4.74 Å². The van der Waals surface area contributed by atoms with E-state index in [0.717, 1.165) is 22.2 Å². The first-order valence-corrected chi connectivity index (χ1v) is 8.52. The van der Waals surface area contributed by atoms with Gasteiger partial charge in [-0.05, 0) is 36.4 Å². The van der Waals surface area contributed by atoms with Crippen molar-refractivity contribution in [2.75, 3.05) is 26.8 Å². The molecular formula is C20H21N3O2. The van der Waals surface area contributed by atoms with E-state index < -0.39 is 0 Å². The number of hydrogen-bond donors (Lipinski definition) is 1. The molecule has 1 fully saturated rings. The summed E-state index contributed by atoms with van der Waals surface area (Å²) in [6.07, 6.45) is 3.70. The lowest BCUT2D eigenvalue weighted by atomic mass is 9.93. The molecule has 1 saturated heterocycles. The first-order valence-electron chi connectivity index (χ1n) is 8.52. The molecule has 0 saturated carbocycles. The van der Waals surface area contributed by atoms with Crippen LogP contribution < -0.4 is 0 Å². The average Bonchev–Trinajstić information content (AvgIpc) is 3.28. The van der Waals surface area contributed by atoms with Gasteiger partial charge >= 0.3 is 0 Å². The number of hydrogen-bond acceptors (Lipinski definition) is 3. The zero-order chi connectivity index (χ0) is 17.2. The largest absolute Gasteiger partial charge is 0.384 e.